The van der Waals surface area contributed by atoms with Crippen LogP contribution in [-0.4, -0.2) is 42.2 Å². The lowest BCUT2D eigenvalue weighted by Crippen LogP contribution is -2.30. The van der Waals surface area contributed by atoms with Crippen LogP contribution in [0, 0.1) is 0 Å². The van der Waals surface area contributed by atoms with Gasteiger partial charge in [-0.25, -0.2) is 4.98 Å². The first-order chi connectivity index (χ1) is 24.8. The fourth-order valence-corrected chi connectivity index (χ4v) is 6.02. The number of carbonyl (C=O) groups excluding carboxylic acids is 3. The van der Waals surface area contributed by atoms with E-state index in [4.69, 9.17) is 13.9 Å². The zero-order valence-electron chi connectivity index (χ0n) is 28.0. The zero-order chi connectivity index (χ0) is 35.7. The summed E-state index contributed by atoms with van der Waals surface area (Å²) in [5.41, 5.74) is 4.30. The van der Waals surface area contributed by atoms with Crippen molar-refractivity contribution in [1.82, 2.24) is 10.3 Å². The van der Waals surface area contributed by atoms with Gasteiger partial charge in [-0.3, -0.25) is 14.4 Å². The third-order valence-corrected chi connectivity index (χ3v) is 8.83. The van der Waals surface area contributed by atoms with Gasteiger partial charge in [0.05, 0.1) is 19.5 Å². The van der Waals surface area contributed by atoms with Crippen molar-refractivity contribution in [3.8, 4) is 23.0 Å². The average molecular weight is 699 g/mol. The van der Waals surface area contributed by atoms with Crippen molar-refractivity contribution in [1.29, 1.82) is 0 Å². The normalized spacial score (nSPS) is 11.8. The molecule has 1 unspecified atom stereocenters. The summed E-state index contributed by atoms with van der Waals surface area (Å²) in [6, 6.07) is 35.8. The van der Waals surface area contributed by atoms with Gasteiger partial charge in [-0.15, -0.1) is 11.8 Å². The molecule has 256 valence electrons. The van der Waals surface area contributed by atoms with Crippen LogP contribution in [0.25, 0.3) is 28.6 Å². The number of methoxy groups -OCH3 is 2. The minimum absolute atomic E-state index is 0.0108. The number of thioether (sulfide) groups is 1. The summed E-state index contributed by atoms with van der Waals surface area (Å²) in [4.78, 5) is 45.2. The number of carbonyl (C=O) groups is 3. The van der Waals surface area contributed by atoms with E-state index in [0.717, 1.165) is 16.0 Å². The van der Waals surface area contributed by atoms with Crippen molar-refractivity contribution in [3.05, 3.63) is 138 Å². The Morgan fingerprint density at radius 1 is 0.784 bits per heavy atom. The van der Waals surface area contributed by atoms with Gasteiger partial charge in [-0.05, 0) is 97.9 Å². The molecule has 1 heterocycles. The fraction of sp³-hybridized carbons (Fsp3) is 0.100. The highest BCUT2D eigenvalue weighted by Crippen LogP contribution is 2.29. The Labute approximate surface area is 298 Å². The molecule has 0 radical (unpaired) electrons. The maximum Gasteiger partial charge on any atom is 0.272 e. The molecule has 51 heavy (non-hydrogen) atoms. The van der Waals surface area contributed by atoms with Crippen LogP contribution in [0.3, 0.4) is 0 Å². The number of para-hydroxylation sites is 2. The summed E-state index contributed by atoms with van der Waals surface area (Å²) in [7, 11) is 3.05. The molecule has 0 saturated heterocycles. The van der Waals surface area contributed by atoms with Crippen molar-refractivity contribution >= 4 is 58.0 Å². The Morgan fingerprint density at radius 3 is 2.29 bits per heavy atom. The van der Waals surface area contributed by atoms with E-state index in [-0.39, 0.29) is 11.6 Å². The number of rotatable bonds is 12. The number of anilines is 2. The van der Waals surface area contributed by atoms with Crippen LogP contribution in [0.2, 0.25) is 0 Å². The van der Waals surface area contributed by atoms with Gasteiger partial charge in [0.15, 0.2) is 5.58 Å². The predicted octanol–water partition coefficient (Wildman–Crippen LogP) is 8.04. The first kappa shape index (κ1) is 34.5. The first-order valence-corrected chi connectivity index (χ1v) is 16.8. The van der Waals surface area contributed by atoms with Crippen molar-refractivity contribution in [2.75, 3.05) is 24.9 Å². The SMILES string of the molecule is COc1ccc(OC)c(/C=C(/NC(=O)c2ccccc2)C(=O)Nc2cccc(SC(C)C(=O)Nc3ccc(-c4nc5ccccc5o4)cc3)c2)c1. The summed E-state index contributed by atoms with van der Waals surface area (Å²) >= 11 is 1.34. The van der Waals surface area contributed by atoms with Gasteiger partial charge in [-0.1, -0.05) is 36.4 Å². The minimum Gasteiger partial charge on any atom is -0.497 e. The molecular weight excluding hydrogens is 665 g/mol. The summed E-state index contributed by atoms with van der Waals surface area (Å²) in [5, 5.41) is 8.11. The quantitative estimate of drug-likeness (QED) is 0.0865. The van der Waals surface area contributed by atoms with E-state index in [1.54, 1.807) is 85.8 Å². The van der Waals surface area contributed by atoms with Gasteiger partial charge in [0.1, 0.15) is 22.7 Å². The molecule has 1 aromatic heterocycles. The summed E-state index contributed by atoms with van der Waals surface area (Å²) in [5.74, 6) is 0.342. The zero-order valence-corrected chi connectivity index (χ0v) is 28.8. The second-order valence-corrected chi connectivity index (χ2v) is 12.7. The number of amides is 3. The standard InChI is InChI=1S/C40H34N4O6S/c1-25(37(45)41-29-18-16-27(17-19-29)40-44-33-14-7-8-15-36(33)50-40)51-32-13-9-12-30(24-32)42-39(47)34(43-38(46)26-10-5-4-6-11-26)23-28-22-31(48-2)20-21-35(28)49-3/h4-25H,1-3H3,(H,41,45)(H,42,47)(H,43,46)/b34-23+. The predicted molar refractivity (Wildman–Crippen MR) is 200 cm³/mol. The van der Waals surface area contributed by atoms with Crippen molar-refractivity contribution in [2.45, 2.75) is 17.1 Å². The van der Waals surface area contributed by atoms with Crippen molar-refractivity contribution in [3.63, 3.8) is 0 Å². The summed E-state index contributed by atoms with van der Waals surface area (Å²) in [6.07, 6.45) is 1.53. The second-order valence-electron chi connectivity index (χ2n) is 11.3. The topological polar surface area (TPSA) is 132 Å². The maximum atomic E-state index is 13.7. The Hall–Kier alpha value is -6.33. The molecule has 0 aliphatic rings. The molecule has 5 aromatic carbocycles. The third kappa shape index (κ3) is 8.64. The number of hydrogen-bond acceptors (Lipinski definition) is 8. The van der Waals surface area contributed by atoms with Gasteiger partial charge >= 0.3 is 0 Å². The lowest BCUT2D eigenvalue weighted by Gasteiger charge is -2.15. The maximum absolute atomic E-state index is 13.7. The first-order valence-electron chi connectivity index (χ1n) is 15.9. The summed E-state index contributed by atoms with van der Waals surface area (Å²) in [6.45, 7) is 1.80. The van der Waals surface area contributed by atoms with Crippen LogP contribution in [0.5, 0.6) is 11.5 Å². The second kappa shape index (κ2) is 15.9. The lowest BCUT2D eigenvalue weighted by molar-refractivity contribution is -0.115. The van der Waals surface area contributed by atoms with Crippen molar-refractivity contribution in [2.24, 2.45) is 0 Å². The molecule has 0 aliphatic heterocycles. The molecule has 0 spiro atoms. The number of nitrogens with zero attached hydrogens (tertiary/aromatic N) is 1. The number of oxazole rings is 1. The molecular formula is C40H34N4O6S. The van der Waals surface area contributed by atoms with E-state index in [1.807, 2.05) is 42.5 Å². The number of fused-ring (bicyclic) bond motifs is 1. The molecule has 0 bridgehead atoms. The fourth-order valence-electron chi connectivity index (χ4n) is 5.09. The molecule has 3 N–H and O–H groups in total. The largest absolute Gasteiger partial charge is 0.497 e. The minimum atomic E-state index is -0.557. The van der Waals surface area contributed by atoms with E-state index in [9.17, 15) is 14.4 Å². The van der Waals surface area contributed by atoms with Gasteiger partial charge in [0, 0.05) is 33.0 Å². The number of hydrogen-bond donors (Lipinski definition) is 3. The highest BCUT2D eigenvalue weighted by Gasteiger charge is 2.19. The highest BCUT2D eigenvalue weighted by molar-refractivity contribution is 8.00. The molecule has 3 amide bonds. The van der Waals surface area contributed by atoms with E-state index < -0.39 is 17.1 Å². The van der Waals surface area contributed by atoms with Gasteiger partial charge < -0.3 is 29.8 Å². The smallest absolute Gasteiger partial charge is 0.272 e. The van der Waals surface area contributed by atoms with Crippen LogP contribution in [0.4, 0.5) is 11.4 Å². The van der Waals surface area contributed by atoms with E-state index in [0.29, 0.717) is 45.5 Å². The monoisotopic (exact) mass is 698 g/mol. The van der Waals surface area contributed by atoms with Gasteiger partial charge in [0.25, 0.3) is 11.8 Å². The van der Waals surface area contributed by atoms with Crippen LogP contribution in [0.15, 0.2) is 136 Å². The number of benzene rings is 5. The van der Waals surface area contributed by atoms with Crippen LogP contribution < -0.4 is 25.4 Å². The number of aromatic nitrogens is 1. The Kier molecular flexibility index (Phi) is 10.8. The molecule has 0 saturated carbocycles. The third-order valence-electron chi connectivity index (χ3n) is 7.73. The number of ether oxygens (including phenoxy) is 2. The van der Waals surface area contributed by atoms with Crippen LogP contribution >= 0.6 is 11.8 Å². The highest BCUT2D eigenvalue weighted by atomic mass is 32.2. The summed E-state index contributed by atoms with van der Waals surface area (Å²) < 4.78 is 16.7. The van der Waals surface area contributed by atoms with E-state index in [2.05, 4.69) is 20.9 Å². The van der Waals surface area contributed by atoms with E-state index >= 15 is 0 Å². The van der Waals surface area contributed by atoms with Gasteiger partial charge in [0.2, 0.25) is 11.8 Å². The van der Waals surface area contributed by atoms with Crippen LogP contribution in [-0.2, 0) is 9.59 Å². The molecule has 0 aliphatic carbocycles. The Bertz CT molecular complexity index is 2180. The molecule has 0 fully saturated rings. The molecule has 6 rings (SSSR count). The number of nitrogens with one attached hydrogen (secondary N) is 3. The Morgan fingerprint density at radius 2 is 1.55 bits per heavy atom. The molecule has 1 atom stereocenters. The average Bonchev–Trinajstić information content (AvgIpc) is 3.60. The Balaban J connectivity index is 1.13. The lowest BCUT2D eigenvalue weighted by atomic mass is 10.1. The molecule has 10 nitrogen and oxygen atoms in total. The molecule has 11 heteroatoms. The van der Waals surface area contributed by atoms with Crippen LogP contribution in [0.1, 0.15) is 22.8 Å². The van der Waals surface area contributed by atoms with Gasteiger partial charge in [-0.2, -0.15) is 0 Å². The van der Waals surface area contributed by atoms with E-state index in [1.165, 1.54) is 32.1 Å². The van der Waals surface area contributed by atoms with Crippen molar-refractivity contribution < 1.29 is 28.3 Å². The molecule has 6 aromatic rings.